The van der Waals surface area contributed by atoms with E-state index in [9.17, 15) is 13.6 Å². The molecule has 0 aliphatic carbocycles. The molecule has 1 aromatic heterocycles. The van der Waals surface area contributed by atoms with Crippen LogP contribution < -0.4 is 10.5 Å². The maximum absolute atomic E-state index is 13.6. The number of primary amides is 1. The van der Waals surface area contributed by atoms with Crippen molar-refractivity contribution in [3.05, 3.63) is 76.1 Å². The first-order chi connectivity index (χ1) is 13.2. The van der Waals surface area contributed by atoms with E-state index in [0.29, 0.717) is 23.4 Å². The van der Waals surface area contributed by atoms with E-state index in [-0.39, 0.29) is 0 Å². The van der Waals surface area contributed by atoms with Gasteiger partial charge in [-0.15, -0.1) is 0 Å². The molecular formula is C22H22F2N2O2. The molecule has 0 aliphatic rings. The molecule has 1 amide bonds. The zero-order valence-corrected chi connectivity index (χ0v) is 16.3. The smallest absolute Gasteiger partial charge is 0.251 e. The first-order valence-corrected chi connectivity index (χ1v) is 8.83. The Bertz CT molecular complexity index is 1070. The highest BCUT2D eigenvalue weighted by atomic mass is 19.2. The highest BCUT2D eigenvalue weighted by molar-refractivity contribution is 6.02. The van der Waals surface area contributed by atoms with E-state index < -0.39 is 17.5 Å². The lowest BCUT2D eigenvalue weighted by atomic mass is 9.98. The second-order valence-corrected chi connectivity index (χ2v) is 6.80. The third-order valence-electron chi connectivity index (χ3n) is 5.04. The number of amides is 1. The Hall–Kier alpha value is -3.15. The number of aryl methyl sites for hydroxylation is 1. The SMILES string of the molecule is COc1ccc(-c2c(C(N)=O)c(C)n(Cc3ccc(F)c(F)c3)c2C)cc1C. The first kappa shape index (κ1) is 19.6. The quantitative estimate of drug-likeness (QED) is 0.703. The van der Waals surface area contributed by atoms with Crippen molar-refractivity contribution in [3.63, 3.8) is 0 Å². The van der Waals surface area contributed by atoms with Gasteiger partial charge in [-0.3, -0.25) is 4.79 Å². The van der Waals surface area contributed by atoms with Crippen LogP contribution in [0.4, 0.5) is 8.78 Å². The van der Waals surface area contributed by atoms with Crippen molar-refractivity contribution >= 4 is 5.91 Å². The molecule has 28 heavy (non-hydrogen) atoms. The predicted molar refractivity (Wildman–Crippen MR) is 105 cm³/mol. The van der Waals surface area contributed by atoms with E-state index in [1.807, 2.05) is 36.6 Å². The molecule has 0 unspecified atom stereocenters. The fourth-order valence-corrected chi connectivity index (χ4v) is 3.63. The number of carbonyl (C=O) groups excluding carboxylic acids is 1. The zero-order chi connectivity index (χ0) is 20.6. The summed E-state index contributed by atoms with van der Waals surface area (Å²) in [5, 5.41) is 0. The lowest BCUT2D eigenvalue weighted by Crippen LogP contribution is -2.13. The topological polar surface area (TPSA) is 57.2 Å². The van der Waals surface area contributed by atoms with Gasteiger partial charge >= 0.3 is 0 Å². The minimum atomic E-state index is -0.902. The summed E-state index contributed by atoms with van der Waals surface area (Å²) in [6.45, 7) is 5.90. The number of nitrogens with two attached hydrogens (primary N) is 1. The first-order valence-electron chi connectivity index (χ1n) is 8.83. The molecule has 0 spiro atoms. The van der Waals surface area contributed by atoms with Gasteiger partial charge in [-0.2, -0.15) is 0 Å². The lowest BCUT2D eigenvalue weighted by Gasteiger charge is -2.11. The summed E-state index contributed by atoms with van der Waals surface area (Å²) in [7, 11) is 1.60. The van der Waals surface area contributed by atoms with Gasteiger partial charge in [0.05, 0.1) is 12.7 Å². The van der Waals surface area contributed by atoms with Crippen LogP contribution in [0.25, 0.3) is 11.1 Å². The van der Waals surface area contributed by atoms with Crippen molar-refractivity contribution in [1.29, 1.82) is 0 Å². The number of rotatable bonds is 5. The Morgan fingerprint density at radius 1 is 1.04 bits per heavy atom. The predicted octanol–water partition coefficient (Wildman–Crippen LogP) is 4.51. The van der Waals surface area contributed by atoms with E-state index in [1.54, 1.807) is 14.0 Å². The minimum absolute atomic E-state index is 0.296. The van der Waals surface area contributed by atoms with Crippen LogP contribution in [0, 0.1) is 32.4 Å². The molecule has 1 heterocycles. The number of aromatic nitrogens is 1. The Morgan fingerprint density at radius 2 is 1.75 bits per heavy atom. The Morgan fingerprint density at radius 3 is 2.32 bits per heavy atom. The molecule has 0 saturated carbocycles. The molecule has 6 heteroatoms. The van der Waals surface area contributed by atoms with Crippen molar-refractivity contribution in [1.82, 2.24) is 4.57 Å². The van der Waals surface area contributed by atoms with Gasteiger partial charge in [-0.1, -0.05) is 12.1 Å². The standard InChI is InChI=1S/C22H22F2N2O2/c1-12-9-16(6-8-19(12)28-4)20-13(2)26(14(3)21(20)22(25)27)11-15-5-7-17(23)18(24)10-15/h5-10H,11H2,1-4H3,(H2,25,27). The number of methoxy groups -OCH3 is 1. The highest BCUT2D eigenvalue weighted by Gasteiger charge is 2.23. The van der Waals surface area contributed by atoms with Crippen molar-refractivity contribution in [2.75, 3.05) is 7.11 Å². The maximum atomic E-state index is 13.6. The monoisotopic (exact) mass is 384 g/mol. The third-order valence-corrected chi connectivity index (χ3v) is 5.04. The molecule has 0 saturated heterocycles. The van der Waals surface area contributed by atoms with Gasteiger partial charge in [0.2, 0.25) is 0 Å². The molecular weight excluding hydrogens is 362 g/mol. The van der Waals surface area contributed by atoms with E-state index in [0.717, 1.165) is 40.3 Å². The second-order valence-electron chi connectivity index (χ2n) is 6.80. The van der Waals surface area contributed by atoms with Crippen LogP contribution in [0.15, 0.2) is 36.4 Å². The minimum Gasteiger partial charge on any atom is -0.496 e. The van der Waals surface area contributed by atoms with Crippen LogP contribution in [-0.4, -0.2) is 17.6 Å². The van der Waals surface area contributed by atoms with Gasteiger partial charge in [0, 0.05) is 23.5 Å². The lowest BCUT2D eigenvalue weighted by molar-refractivity contribution is 0.1000. The number of hydrogen-bond donors (Lipinski definition) is 1. The fraction of sp³-hybridized carbons (Fsp3) is 0.227. The summed E-state index contributed by atoms with van der Waals surface area (Å²) < 4.78 is 34.0. The Kier molecular flexibility index (Phi) is 5.23. The van der Waals surface area contributed by atoms with Gasteiger partial charge in [0.25, 0.3) is 5.91 Å². The van der Waals surface area contributed by atoms with Crippen LogP contribution >= 0.6 is 0 Å². The van der Waals surface area contributed by atoms with Gasteiger partial charge in [0.1, 0.15) is 5.75 Å². The van der Waals surface area contributed by atoms with Crippen LogP contribution in [0.2, 0.25) is 0 Å². The summed E-state index contributed by atoms with van der Waals surface area (Å²) in [6.07, 6.45) is 0. The van der Waals surface area contributed by atoms with Crippen molar-refractivity contribution in [2.45, 2.75) is 27.3 Å². The maximum Gasteiger partial charge on any atom is 0.251 e. The largest absolute Gasteiger partial charge is 0.496 e. The number of nitrogens with zero attached hydrogens (tertiary/aromatic N) is 1. The summed E-state index contributed by atoms with van der Waals surface area (Å²) in [4.78, 5) is 12.2. The third kappa shape index (κ3) is 3.38. The van der Waals surface area contributed by atoms with E-state index in [2.05, 4.69) is 0 Å². The van der Waals surface area contributed by atoms with E-state index >= 15 is 0 Å². The molecule has 4 nitrogen and oxygen atoms in total. The van der Waals surface area contributed by atoms with Gasteiger partial charge in [-0.25, -0.2) is 8.78 Å². The molecule has 146 valence electrons. The van der Waals surface area contributed by atoms with Gasteiger partial charge < -0.3 is 15.0 Å². The molecule has 0 bridgehead atoms. The summed E-state index contributed by atoms with van der Waals surface area (Å²) >= 11 is 0. The number of benzene rings is 2. The molecule has 0 atom stereocenters. The number of hydrogen-bond acceptors (Lipinski definition) is 2. The fourth-order valence-electron chi connectivity index (χ4n) is 3.63. The number of halogens is 2. The van der Waals surface area contributed by atoms with Crippen molar-refractivity contribution < 1.29 is 18.3 Å². The summed E-state index contributed by atoms with van der Waals surface area (Å²) in [6, 6.07) is 9.45. The van der Waals surface area contributed by atoms with Crippen molar-refractivity contribution in [2.24, 2.45) is 5.73 Å². The van der Waals surface area contributed by atoms with Crippen molar-refractivity contribution in [3.8, 4) is 16.9 Å². The molecule has 2 aromatic carbocycles. The molecule has 0 fully saturated rings. The van der Waals surface area contributed by atoms with Crippen LogP contribution in [0.1, 0.15) is 32.9 Å². The van der Waals surface area contributed by atoms with E-state index in [4.69, 9.17) is 10.5 Å². The average molecular weight is 384 g/mol. The van der Waals surface area contributed by atoms with E-state index in [1.165, 1.54) is 6.07 Å². The van der Waals surface area contributed by atoms with Crippen LogP contribution in [-0.2, 0) is 6.54 Å². The number of ether oxygens (including phenoxy) is 1. The zero-order valence-electron chi connectivity index (χ0n) is 16.3. The van der Waals surface area contributed by atoms with Gasteiger partial charge in [-0.05, 0) is 61.7 Å². The highest BCUT2D eigenvalue weighted by Crippen LogP contribution is 2.35. The molecule has 3 rings (SSSR count). The Balaban J connectivity index is 2.16. The molecule has 2 N–H and O–H groups in total. The summed E-state index contributed by atoms with van der Waals surface area (Å²) in [5.41, 5.74) is 10.7. The molecule has 0 radical (unpaired) electrons. The Labute approximate surface area is 162 Å². The average Bonchev–Trinajstić information content (AvgIpc) is 2.89. The summed E-state index contributed by atoms with van der Waals surface area (Å²) in [5.74, 6) is -1.58. The number of carbonyl (C=O) groups is 1. The molecule has 3 aromatic rings. The second kappa shape index (κ2) is 7.46. The van der Waals surface area contributed by atoms with Gasteiger partial charge in [0.15, 0.2) is 11.6 Å². The normalized spacial score (nSPS) is 10.9. The molecule has 0 aliphatic heterocycles. The van der Waals surface area contributed by atoms with Crippen LogP contribution in [0.5, 0.6) is 5.75 Å². The van der Waals surface area contributed by atoms with Crippen LogP contribution in [0.3, 0.4) is 0 Å².